The number of amides is 2. The first-order valence-corrected chi connectivity index (χ1v) is 9.73. The lowest BCUT2D eigenvalue weighted by atomic mass is 10.1. The van der Waals surface area contributed by atoms with E-state index in [2.05, 4.69) is 12.0 Å². The Kier molecular flexibility index (Phi) is 6.50. The number of halogens is 1. The Morgan fingerprint density at radius 1 is 1.30 bits per heavy atom. The average molecular weight is 389 g/mol. The van der Waals surface area contributed by atoms with Crippen LogP contribution in [0.3, 0.4) is 0 Å². The maximum atomic E-state index is 12.7. The summed E-state index contributed by atoms with van der Waals surface area (Å²) in [6, 6.07) is 10.0. The first kappa shape index (κ1) is 19.4. The van der Waals surface area contributed by atoms with Gasteiger partial charge >= 0.3 is 0 Å². The fraction of sp³-hybridized carbons (Fsp3) is 0.450. The molecule has 0 spiro atoms. The SMILES string of the molecule is CCC1CN(C(=O)CCn2cc(Cl)cn2)CCC(=O)N1Cc1ccccc1. The maximum Gasteiger partial charge on any atom is 0.224 e. The van der Waals surface area contributed by atoms with E-state index < -0.39 is 0 Å². The summed E-state index contributed by atoms with van der Waals surface area (Å²) < 4.78 is 1.67. The minimum Gasteiger partial charge on any atom is -0.340 e. The number of aryl methyl sites for hydroxylation is 1. The van der Waals surface area contributed by atoms with E-state index in [9.17, 15) is 9.59 Å². The largest absolute Gasteiger partial charge is 0.340 e. The molecule has 0 radical (unpaired) electrons. The molecule has 0 bridgehead atoms. The number of aromatic nitrogens is 2. The molecule has 1 aromatic heterocycles. The molecule has 1 fully saturated rings. The highest BCUT2D eigenvalue weighted by Gasteiger charge is 2.30. The minimum absolute atomic E-state index is 0.0308. The van der Waals surface area contributed by atoms with Crippen LogP contribution in [0, 0.1) is 0 Å². The number of hydrogen-bond donors (Lipinski definition) is 0. The van der Waals surface area contributed by atoms with Crippen molar-refractivity contribution in [2.75, 3.05) is 13.1 Å². The van der Waals surface area contributed by atoms with E-state index in [4.69, 9.17) is 11.6 Å². The van der Waals surface area contributed by atoms with Gasteiger partial charge in [0, 0.05) is 51.3 Å². The third-order valence-electron chi connectivity index (χ3n) is 4.96. The van der Waals surface area contributed by atoms with Gasteiger partial charge in [-0.1, -0.05) is 48.9 Å². The number of hydrogen-bond acceptors (Lipinski definition) is 3. The Hall–Kier alpha value is -2.34. The molecular weight excluding hydrogens is 364 g/mol. The van der Waals surface area contributed by atoms with Crippen molar-refractivity contribution >= 4 is 23.4 Å². The van der Waals surface area contributed by atoms with Crippen LogP contribution in [0.4, 0.5) is 0 Å². The topological polar surface area (TPSA) is 58.4 Å². The number of rotatable bonds is 6. The summed E-state index contributed by atoms with van der Waals surface area (Å²) in [5.41, 5.74) is 1.11. The number of benzene rings is 1. The first-order valence-electron chi connectivity index (χ1n) is 9.36. The second-order valence-corrected chi connectivity index (χ2v) is 7.27. The van der Waals surface area contributed by atoms with Crippen LogP contribution in [0.1, 0.15) is 31.7 Å². The van der Waals surface area contributed by atoms with Gasteiger partial charge in [-0.05, 0) is 12.0 Å². The molecule has 2 amide bonds. The quantitative estimate of drug-likeness (QED) is 0.764. The second kappa shape index (κ2) is 9.04. The fourth-order valence-electron chi connectivity index (χ4n) is 3.42. The zero-order valence-electron chi connectivity index (χ0n) is 15.6. The molecule has 1 aliphatic rings. The summed E-state index contributed by atoms with van der Waals surface area (Å²) in [7, 11) is 0. The molecule has 1 saturated heterocycles. The van der Waals surface area contributed by atoms with Gasteiger partial charge in [0.2, 0.25) is 11.8 Å². The van der Waals surface area contributed by atoms with Gasteiger partial charge in [0.15, 0.2) is 0 Å². The van der Waals surface area contributed by atoms with Crippen molar-refractivity contribution in [2.45, 2.75) is 45.3 Å². The lowest BCUT2D eigenvalue weighted by Crippen LogP contribution is -2.43. The Morgan fingerprint density at radius 2 is 2.07 bits per heavy atom. The molecule has 2 aromatic rings. The molecule has 1 aliphatic heterocycles. The average Bonchev–Trinajstić information content (AvgIpc) is 3.03. The van der Waals surface area contributed by atoms with Crippen LogP contribution in [0.15, 0.2) is 42.7 Å². The van der Waals surface area contributed by atoms with Gasteiger partial charge in [0.25, 0.3) is 0 Å². The standard InChI is InChI=1S/C20H25ClN4O2/c1-2-18-15-23(19(26)9-11-24-14-17(21)12-22-24)10-8-20(27)25(18)13-16-6-4-3-5-7-16/h3-7,12,14,18H,2,8-11,13,15H2,1H3. The van der Waals surface area contributed by atoms with E-state index >= 15 is 0 Å². The van der Waals surface area contributed by atoms with Crippen molar-refractivity contribution in [1.29, 1.82) is 0 Å². The van der Waals surface area contributed by atoms with E-state index in [1.807, 2.05) is 40.1 Å². The van der Waals surface area contributed by atoms with Gasteiger partial charge in [0.05, 0.1) is 11.2 Å². The molecule has 1 atom stereocenters. The van der Waals surface area contributed by atoms with Crippen LogP contribution in [0.25, 0.3) is 0 Å². The highest BCUT2D eigenvalue weighted by molar-refractivity contribution is 6.30. The van der Waals surface area contributed by atoms with Gasteiger partial charge in [-0.15, -0.1) is 0 Å². The monoisotopic (exact) mass is 388 g/mol. The van der Waals surface area contributed by atoms with Crippen LogP contribution >= 0.6 is 11.6 Å². The number of carbonyl (C=O) groups excluding carboxylic acids is 2. The van der Waals surface area contributed by atoms with Gasteiger partial charge in [-0.25, -0.2) is 0 Å². The van der Waals surface area contributed by atoms with Crippen molar-refractivity contribution < 1.29 is 9.59 Å². The smallest absolute Gasteiger partial charge is 0.224 e. The molecule has 0 saturated carbocycles. The van der Waals surface area contributed by atoms with Crippen LogP contribution in [0.2, 0.25) is 5.02 Å². The van der Waals surface area contributed by atoms with Crippen LogP contribution in [-0.4, -0.2) is 50.5 Å². The zero-order valence-corrected chi connectivity index (χ0v) is 16.3. The molecule has 0 N–H and O–H groups in total. The van der Waals surface area contributed by atoms with Gasteiger partial charge in [-0.3, -0.25) is 14.3 Å². The lowest BCUT2D eigenvalue weighted by molar-refractivity contribution is -0.133. The third kappa shape index (κ3) is 5.10. The van der Waals surface area contributed by atoms with Crippen molar-refractivity contribution in [3.05, 3.63) is 53.3 Å². The van der Waals surface area contributed by atoms with Crippen LogP contribution < -0.4 is 0 Å². The van der Waals surface area contributed by atoms with E-state index in [1.165, 1.54) is 0 Å². The molecule has 1 aromatic carbocycles. The Balaban J connectivity index is 1.63. The van der Waals surface area contributed by atoms with Gasteiger partial charge < -0.3 is 9.80 Å². The van der Waals surface area contributed by atoms with E-state index in [-0.39, 0.29) is 17.9 Å². The Bertz CT molecular complexity index is 777. The molecule has 0 aliphatic carbocycles. The molecular formula is C20H25ClN4O2. The third-order valence-corrected chi connectivity index (χ3v) is 5.16. The molecule has 6 nitrogen and oxygen atoms in total. The minimum atomic E-state index is 0.0308. The van der Waals surface area contributed by atoms with E-state index in [0.717, 1.165) is 12.0 Å². The second-order valence-electron chi connectivity index (χ2n) is 6.83. The summed E-state index contributed by atoms with van der Waals surface area (Å²) in [4.78, 5) is 29.1. The summed E-state index contributed by atoms with van der Waals surface area (Å²) in [5.74, 6) is 0.161. The van der Waals surface area contributed by atoms with Crippen molar-refractivity contribution in [2.24, 2.45) is 0 Å². The fourth-order valence-corrected chi connectivity index (χ4v) is 3.58. The van der Waals surface area contributed by atoms with Crippen molar-refractivity contribution in [1.82, 2.24) is 19.6 Å². The molecule has 2 heterocycles. The molecule has 1 unspecified atom stereocenters. The summed E-state index contributed by atoms with van der Waals surface area (Å²) in [5, 5.41) is 4.67. The first-order chi connectivity index (χ1) is 13.1. The van der Waals surface area contributed by atoms with Crippen molar-refractivity contribution in [3.63, 3.8) is 0 Å². The number of carbonyl (C=O) groups is 2. The highest BCUT2D eigenvalue weighted by atomic mass is 35.5. The van der Waals surface area contributed by atoms with Gasteiger partial charge in [0.1, 0.15) is 0 Å². The normalized spacial score (nSPS) is 17.9. The lowest BCUT2D eigenvalue weighted by Gasteiger charge is -2.31. The van der Waals surface area contributed by atoms with E-state index in [0.29, 0.717) is 44.0 Å². The number of nitrogens with zero attached hydrogens (tertiary/aromatic N) is 4. The Morgan fingerprint density at radius 3 is 2.74 bits per heavy atom. The zero-order chi connectivity index (χ0) is 19.2. The van der Waals surface area contributed by atoms with Crippen LogP contribution in [0.5, 0.6) is 0 Å². The predicted octanol–water partition coefficient (Wildman–Crippen LogP) is 2.97. The molecule has 27 heavy (non-hydrogen) atoms. The maximum absolute atomic E-state index is 12.7. The Labute approximate surface area is 164 Å². The molecule has 3 rings (SSSR count). The predicted molar refractivity (Wildman–Crippen MR) is 104 cm³/mol. The summed E-state index contributed by atoms with van der Waals surface area (Å²) >= 11 is 5.86. The van der Waals surface area contributed by atoms with Gasteiger partial charge in [-0.2, -0.15) is 5.10 Å². The molecule has 7 heteroatoms. The highest BCUT2D eigenvalue weighted by Crippen LogP contribution is 2.18. The van der Waals surface area contributed by atoms with E-state index in [1.54, 1.807) is 17.1 Å². The van der Waals surface area contributed by atoms with Crippen molar-refractivity contribution in [3.8, 4) is 0 Å². The molecule has 144 valence electrons. The summed E-state index contributed by atoms with van der Waals surface area (Å²) in [6.07, 6.45) is 4.80. The summed E-state index contributed by atoms with van der Waals surface area (Å²) in [6.45, 7) is 4.19. The van der Waals surface area contributed by atoms with Crippen LogP contribution in [-0.2, 0) is 22.7 Å².